The number of ether oxygens (including phenoxy) is 1. The van der Waals surface area contributed by atoms with Crippen molar-refractivity contribution in [2.24, 2.45) is 11.0 Å². The molecule has 0 aliphatic carbocycles. The number of carbonyl (C=O) groups is 1. The summed E-state index contributed by atoms with van der Waals surface area (Å²) in [5.74, 6) is 0.527. The zero-order chi connectivity index (χ0) is 22.2. The SMILES string of the molecule is Cc1ccc(Cn2cccc(C(=O)N/N=C\c3ccccc3OCC(C)C)c2=O)cc1. The number of nitrogens with one attached hydrogen (secondary N) is 1. The van der Waals surface area contributed by atoms with E-state index in [-0.39, 0.29) is 11.1 Å². The summed E-state index contributed by atoms with van der Waals surface area (Å²) < 4.78 is 7.29. The third-order valence-corrected chi connectivity index (χ3v) is 4.60. The molecular formula is C25H27N3O3. The number of amides is 1. The third-order valence-electron chi connectivity index (χ3n) is 4.60. The van der Waals surface area contributed by atoms with Crippen LogP contribution in [0.4, 0.5) is 0 Å². The number of hydrazone groups is 1. The second-order valence-electron chi connectivity index (χ2n) is 7.78. The van der Waals surface area contributed by atoms with Crippen molar-refractivity contribution in [2.75, 3.05) is 6.61 Å². The number of para-hydroxylation sites is 1. The van der Waals surface area contributed by atoms with Gasteiger partial charge in [0.05, 0.1) is 19.4 Å². The number of aryl methyl sites for hydroxylation is 1. The Bertz CT molecular complexity index is 1120. The molecule has 0 saturated heterocycles. The van der Waals surface area contributed by atoms with Crippen LogP contribution in [0.1, 0.15) is 40.9 Å². The van der Waals surface area contributed by atoms with E-state index < -0.39 is 5.91 Å². The summed E-state index contributed by atoms with van der Waals surface area (Å²) in [6.45, 7) is 7.13. The average Bonchev–Trinajstić information content (AvgIpc) is 2.76. The minimum atomic E-state index is -0.555. The topological polar surface area (TPSA) is 72.7 Å². The quantitative estimate of drug-likeness (QED) is 0.445. The van der Waals surface area contributed by atoms with Crippen molar-refractivity contribution >= 4 is 12.1 Å². The van der Waals surface area contributed by atoms with Crippen LogP contribution in [-0.2, 0) is 6.54 Å². The molecule has 1 aromatic heterocycles. The number of rotatable bonds is 8. The molecule has 2 aromatic carbocycles. The molecule has 6 heteroatoms. The van der Waals surface area contributed by atoms with E-state index >= 15 is 0 Å². The van der Waals surface area contributed by atoms with E-state index in [4.69, 9.17) is 4.74 Å². The highest BCUT2D eigenvalue weighted by Gasteiger charge is 2.12. The van der Waals surface area contributed by atoms with Crippen molar-refractivity contribution in [2.45, 2.75) is 27.3 Å². The highest BCUT2D eigenvalue weighted by molar-refractivity contribution is 5.94. The normalized spacial score (nSPS) is 11.1. The average molecular weight is 418 g/mol. The Morgan fingerprint density at radius 1 is 1.10 bits per heavy atom. The van der Waals surface area contributed by atoms with Crippen LogP contribution in [0, 0.1) is 12.8 Å². The first-order chi connectivity index (χ1) is 14.9. The first-order valence-electron chi connectivity index (χ1n) is 10.2. The van der Waals surface area contributed by atoms with Gasteiger partial charge in [-0.2, -0.15) is 5.10 Å². The molecule has 0 atom stereocenters. The molecule has 6 nitrogen and oxygen atoms in total. The van der Waals surface area contributed by atoms with Crippen LogP contribution < -0.4 is 15.7 Å². The molecular weight excluding hydrogens is 390 g/mol. The lowest BCUT2D eigenvalue weighted by Gasteiger charge is -2.10. The summed E-state index contributed by atoms with van der Waals surface area (Å²) in [4.78, 5) is 25.3. The smallest absolute Gasteiger partial charge is 0.276 e. The van der Waals surface area contributed by atoms with E-state index in [1.54, 1.807) is 12.3 Å². The van der Waals surface area contributed by atoms with Crippen molar-refractivity contribution in [3.05, 3.63) is 99.5 Å². The summed E-state index contributed by atoms with van der Waals surface area (Å²) >= 11 is 0. The van der Waals surface area contributed by atoms with E-state index in [0.29, 0.717) is 24.8 Å². The van der Waals surface area contributed by atoms with E-state index in [1.807, 2.05) is 55.5 Å². The van der Waals surface area contributed by atoms with Crippen LogP contribution in [0.3, 0.4) is 0 Å². The lowest BCUT2D eigenvalue weighted by atomic mass is 10.1. The van der Waals surface area contributed by atoms with Gasteiger partial charge in [0.2, 0.25) is 0 Å². The highest BCUT2D eigenvalue weighted by atomic mass is 16.5. The van der Waals surface area contributed by atoms with Gasteiger partial charge in [-0.1, -0.05) is 55.8 Å². The fourth-order valence-electron chi connectivity index (χ4n) is 2.92. The summed E-state index contributed by atoms with van der Waals surface area (Å²) in [6, 6.07) is 18.6. The van der Waals surface area contributed by atoms with Crippen LogP contribution in [0.25, 0.3) is 0 Å². The van der Waals surface area contributed by atoms with Crippen LogP contribution in [0.2, 0.25) is 0 Å². The number of pyridine rings is 1. The molecule has 3 aromatic rings. The molecule has 0 spiro atoms. The maximum Gasteiger partial charge on any atom is 0.276 e. The number of benzene rings is 2. The zero-order valence-electron chi connectivity index (χ0n) is 18.0. The number of aromatic nitrogens is 1. The molecule has 160 valence electrons. The first-order valence-corrected chi connectivity index (χ1v) is 10.2. The molecule has 1 N–H and O–H groups in total. The Balaban J connectivity index is 1.70. The van der Waals surface area contributed by atoms with E-state index in [1.165, 1.54) is 16.8 Å². The highest BCUT2D eigenvalue weighted by Crippen LogP contribution is 2.16. The molecule has 0 bridgehead atoms. The zero-order valence-corrected chi connectivity index (χ0v) is 18.0. The molecule has 1 amide bonds. The van der Waals surface area contributed by atoms with Gasteiger partial charge in [-0.25, -0.2) is 5.43 Å². The van der Waals surface area contributed by atoms with Gasteiger partial charge >= 0.3 is 0 Å². The Morgan fingerprint density at radius 3 is 2.58 bits per heavy atom. The van der Waals surface area contributed by atoms with Gasteiger partial charge in [0.25, 0.3) is 11.5 Å². The maximum atomic E-state index is 12.7. The Hall–Kier alpha value is -3.67. The second-order valence-corrected chi connectivity index (χ2v) is 7.78. The lowest BCUT2D eigenvalue weighted by Crippen LogP contribution is -2.30. The van der Waals surface area contributed by atoms with Crippen LogP contribution in [0.5, 0.6) is 5.75 Å². The summed E-state index contributed by atoms with van der Waals surface area (Å²) in [5.41, 5.74) is 5.00. The maximum absolute atomic E-state index is 12.7. The largest absolute Gasteiger partial charge is 0.493 e. The standard InChI is InChI=1S/C25H27N3O3/c1-18(2)17-31-23-9-5-4-7-21(23)15-26-27-24(29)22-8-6-14-28(25(22)30)16-20-12-10-19(3)11-13-20/h4-15,18H,16-17H2,1-3H3,(H,27,29)/b26-15-. The van der Waals surface area contributed by atoms with Gasteiger partial charge in [-0.3, -0.25) is 9.59 Å². The summed E-state index contributed by atoms with van der Waals surface area (Å²) in [6.07, 6.45) is 3.19. The van der Waals surface area contributed by atoms with E-state index in [0.717, 1.165) is 16.7 Å². The van der Waals surface area contributed by atoms with Gasteiger partial charge in [0.1, 0.15) is 11.3 Å². The second kappa shape index (κ2) is 10.4. The fraction of sp³-hybridized carbons (Fsp3) is 0.240. The monoisotopic (exact) mass is 417 g/mol. The van der Waals surface area contributed by atoms with Crippen molar-refractivity contribution in [3.8, 4) is 5.75 Å². The van der Waals surface area contributed by atoms with Gasteiger partial charge in [-0.15, -0.1) is 0 Å². The molecule has 0 aliphatic rings. The lowest BCUT2D eigenvalue weighted by molar-refractivity contribution is 0.0953. The predicted octanol–water partition coefficient (Wildman–Crippen LogP) is 4.00. The van der Waals surface area contributed by atoms with Crippen molar-refractivity contribution in [1.82, 2.24) is 9.99 Å². The molecule has 31 heavy (non-hydrogen) atoms. The van der Waals surface area contributed by atoms with Crippen molar-refractivity contribution in [1.29, 1.82) is 0 Å². The summed E-state index contributed by atoms with van der Waals surface area (Å²) in [7, 11) is 0. The van der Waals surface area contributed by atoms with Gasteiger partial charge in [-0.05, 0) is 42.7 Å². The van der Waals surface area contributed by atoms with Gasteiger partial charge < -0.3 is 9.30 Å². The molecule has 1 heterocycles. The molecule has 0 aliphatic heterocycles. The molecule has 0 saturated carbocycles. The fourth-order valence-corrected chi connectivity index (χ4v) is 2.92. The van der Waals surface area contributed by atoms with Crippen LogP contribution in [0.15, 0.2) is 76.8 Å². The first kappa shape index (κ1) is 22.0. The Morgan fingerprint density at radius 2 is 1.84 bits per heavy atom. The van der Waals surface area contributed by atoms with Gasteiger partial charge in [0.15, 0.2) is 0 Å². The van der Waals surface area contributed by atoms with Crippen LogP contribution in [-0.4, -0.2) is 23.3 Å². The van der Waals surface area contributed by atoms with Gasteiger partial charge in [0, 0.05) is 11.8 Å². The molecule has 0 fully saturated rings. The molecule has 0 unspecified atom stereocenters. The Labute approximate surface area is 182 Å². The van der Waals surface area contributed by atoms with Crippen LogP contribution >= 0.6 is 0 Å². The minimum Gasteiger partial charge on any atom is -0.493 e. The summed E-state index contributed by atoms with van der Waals surface area (Å²) in [5, 5.41) is 4.02. The number of carbonyl (C=O) groups excluding carboxylic acids is 1. The molecule has 0 radical (unpaired) electrons. The van der Waals surface area contributed by atoms with Crippen molar-refractivity contribution in [3.63, 3.8) is 0 Å². The van der Waals surface area contributed by atoms with E-state index in [9.17, 15) is 9.59 Å². The number of hydrogen-bond acceptors (Lipinski definition) is 4. The third kappa shape index (κ3) is 6.15. The molecule has 3 rings (SSSR count). The Kier molecular flexibility index (Phi) is 7.38. The van der Waals surface area contributed by atoms with Crippen molar-refractivity contribution < 1.29 is 9.53 Å². The van der Waals surface area contributed by atoms with E-state index in [2.05, 4.69) is 24.4 Å². The number of hydrogen-bond donors (Lipinski definition) is 1. The number of nitrogens with zero attached hydrogens (tertiary/aromatic N) is 2. The minimum absolute atomic E-state index is 0.0381. The predicted molar refractivity (Wildman–Crippen MR) is 123 cm³/mol.